The first-order valence-electron chi connectivity index (χ1n) is 7.96. The summed E-state index contributed by atoms with van der Waals surface area (Å²) in [6.45, 7) is 3.02. The summed E-state index contributed by atoms with van der Waals surface area (Å²) in [5.41, 5.74) is 0.0909. The maximum Gasteiger partial charge on any atom is 0.311 e. The number of amides is 1. The average Bonchev–Trinajstić information content (AvgIpc) is 3.04. The van der Waals surface area contributed by atoms with Crippen molar-refractivity contribution in [3.05, 3.63) is 28.7 Å². The van der Waals surface area contributed by atoms with Crippen molar-refractivity contribution >= 4 is 33.5 Å². The topological polar surface area (TPSA) is 69.6 Å². The predicted octanol–water partition coefficient (Wildman–Crippen LogP) is 2.96. The Hall–Kier alpha value is -1.40. The van der Waals surface area contributed by atoms with Gasteiger partial charge in [-0.1, -0.05) is 28.4 Å². The van der Waals surface area contributed by atoms with Crippen LogP contribution in [-0.2, 0) is 9.59 Å². The van der Waals surface area contributed by atoms with Crippen molar-refractivity contribution in [1.82, 2.24) is 4.90 Å². The highest BCUT2D eigenvalue weighted by molar-refractivity contribution is 9.10. The lowest BCUT2D eigenvalue weighted by Crippen LogP contribution is -2.43. The Morgan fingerprint density at radius 2 is 2.26 bits per heavy atom. The Kier molecular flexibility index (Phi) is 4.47. The fourth-order valence-corrected chi connectivity index (χ4v) is 4.35. The average molecular weight is 381 g/mol. The number of nitrogens with one attached hydrogen (secondary N) is 1. The first-order valence-corrected chi connectivity index (χ1v) is 8.75. The Balaban J connectivity index is 1.68. The molecule has 1 aliphatic carbocycles. The molecule has 5 nitrogen and oxygen atoms in total. The minimum absolute atomic E-state index is 0.0939. The fourth-order valence-electron chi connectivity index (χ4n) is 3.95. The second-order valence-corrected chi connectivity index (χ2v) is 7.57. The Labute approximate surface area is 144 Å². The van der Waals surface area contributed by atoms with Crippen molar-refractivity contribution in [3.63, 3.8) is 0 Å². The Bertz CT molecular complexity index is 636. The van der Waals surface area contributed by atoms with Crippen LogP contribution in [0.3, 0.4) is 0 Å². The molecule has 124 valence electrons. The number of anilines is 1. The van der Waals surface area contributed by atoms with Gasteiger partial charge in [-0.2, -0.15) is 0 Å². The quantitative estimate of drug-likeness (QED) is 0.842. The summed E-state index contributed by atoms with van der Waals surface area (Å²) in [5, 5.41) is 12.6. The van der Waals surface area contributed by atoms with Crippen LogP contribution >= 0.6 is 15.9 Å². The minimum atomic E-state index is -0.706. The van der Waals surface area contributed by atoms with E-state index in [1.54, 1.807) is 0 Å². The molecule has 3 atom stereocenters. The summed E-state index contributed by atoms with van der Waals surface area (Å²) < 4.78 is 0.906. The Morgan fingerprint density at radius 1 is 1.48 bits per heavy atom. The molecule has 1 amide bonds. The van der Waals surface area contributed by atoms with Crippen LogP contribution in [0.4, 0.5) is 5.69 Å². The van der Waals surface area contributed by atoms with E-state index in [0.717, 1.165) is 29.4 Å². The van der Waals surface area contributed by atoms with Crippen LogP contribution in [0, 0.1) is 11.3 Å². The first-order chi connectivity index (χ1) is 10.9. The molecule has 6 heteroatoms. The number of hydrogen-bond donors (Lipinski definition) is 2. The van der Waals surface area contributed by atoms with E-state index in [9.17, 15) is 14.7 Å². The largest absolute Gasteiger partial charge is 0.481 e. The van der Waals surface area contributed by atoms with Crippen molar-refractivity contribution in [2.45, 2.75) is 32.2 Å². The number of rotatable bonds is 4. The highest BCUT2D eigenvalue weighted by Gasteiger charge is 2.55. The number of fused-ring (bicyclic) bond motifs is 1. The van der Waals surface area contributed by atoms with Gasteiger partial charge in [0.15, 0.2) is 0 Å². The number of likely N-dealkylation sites (tertiary alicyclic amines) is 1. The van der Waals surface area contributed by atoms with Crippen LogP contribution in [-0.4, -0.2) is 41.0 Å². The normalized spacial score (nSPS) is 28.3. The molecule has 1 saturated heterocycles. The van der Waals surface area contributed by atoms with E-state index in [1.165, 1.54) is 0 Å². The monoisotopic (exact) mass is 380 g/mol. The lowest BCUT2D eigenvalue weighted by atomic mass is 9.81. The minimum Gasteiger partial charge on any atom is -0.481 e. The highest BCUT2D eigenvalue weighted by Crippen LogP contribution is 2.49. The maximum atomic E-state index is 12.5. The molecule has 1 saturated carbocycles. The van der Waals surface area contributed by atoms with Gasteiger partial charge in [-0.3, -0.25) is 14.5 Å². The van der Waals surface area contributed by atoms with Gasteiger partial charge >= 0.3 is 5.97 Å². The fraction of sp³-hybridized carbons (Fsp3) is 0.529. The number of benzene rings is 1. The highest BCUT2D eigenvalue weighted by atomic mass is 79.9. The molecule has 3 rings (SSSR count). The molecule has 0 radical (unpaired) electrons. The van der Waals surface area contributed by atoms with Crippen molar-refractivity contribution in [3.8, 4) is 0 Å². The number of carboxylic acids is 1. The molecule has 0 bridgehead atoms. The van der Waals surface area contributed by atoms with Crippen LogP contribution in [0.2, 0.25) is 0 Å². The molecule has 2 aliphatic rings. The van der Waals surface area contributed by atoms with E-state index in [2.05, 4.69) is 21.2 Å². The van der Waals surface area contributed by atoms with Crippen molar-refractivity contribution in [2.75, 3.05) is 18.4 Å². The zero-order chi connectivity index (χ0) is 16.6. The third-order valence-electron chi connectivity index (χ3n) is 5.34. The van der Waals surface area contributed by atoms with E-state index in [4.69, 9.17) is 0 Å². The van der Waals surface area contributed by atoms with Gasteiger partial charge in [-0.25, -0.2) is 0 Å². The number of nitrogens with zero attached hydrogens (tertiary/aromatic N) is 1. The molecule has 0 spiro atoms. The second kappa shape index (κ2) is 6.24. The molecule has 1 heterocycles. The van der Waals surface area contributed by atoms with Gasteiger partial charge in [0.25, 0.3) is 0 Å². The van der Waals surface area contributed by atoms with E-state index in [1.807, 2.05) is 36.1 Å². The van der Waals surface area contributed by atoms with E-state index < -0.39 is 11.4 Å². The molecule has 23 heavy (non-hydrogen) atoms. The number of hydrogen-bond acceptors (Lipinski definition) is 3. The van der Waals surface area contributed by atoms with Crippen LogP contribution in [0.1, 0.15) is 26.2 Å². The van der Waals surface area contributed by atoms with Crippen LogP contribution in [0.25, 0.3) is 0 Å². The van der Waals surface area contributed by atoms with E-state index >= 15 is 0 Å². The van der Waals surface area contributed by atoms with Gasteiger partial charge < -0.3 is 10.4 Å². The van der Waals surface area contributed by atoms with Gasteiger partial charge in [0.1, 0.15) is 0 Å². The number of carbonyl (C=O) groups is 2. The zero-order valence-electron chi connectivity index (χ0n) is 13.1. The molecule has 1 unspecified atom stereocenters. The standard InChI is InChI=1S/C17H21BrN2O3/c1-11(15(21)19-14-6-2-5-13(18)8-14)20-9-12-4-3-7-17(12,10-20)16(22)23/h2,5-6,8,11-12H,3-4,7,9-10H2,1H3,(H,19,21)(H,22,23)/t11?,12-,17+/m0/s1. The third kappa shape index (κ3) is 3.02. The lowest BCUT2D eigenvalue weighted by Gasteiger charge is -2.26. The van der Waals surface area contributed by atoms with Gasteiger partial charge in [-0.05, 0) is 43.9 Å². The van der Waals surface area contributed by atoms with Crippen LogP contribution < -0.4 is 5.32 Å². The zero-order valence-corrected chi connectivity index (χ0v) is 14.7. The number of carboxylic acid groups (broad SMARTS) is 1. The first kappa shape index (κ1) is 16.5. The molecule has 2 N–H and O–H groups in total. The molecule has 1 aromatic rings. The molecular weight excluding hydrogens is 360 g/mol. The molecule has 0 aromatic heterocycles. The van der Waals surface area contributed by atoms with Crippen molar-refractivity contribution < 1.29 is 14.7 Å². The van der Waals surface area contributed by atoms with Crippen LogP contribution in [0.5, 0.6) is 0 Å². The second-order valence-electron chi connectivity index (χ2n) is 6.66. The maximum absolute atomic E-state index is 12.5. The lowest BCUT2D eigenvalue weighted by molar-refractivity contribution is -0.149. The molecule has 1 aromatic carbocycles. The smallest absolute Gasteiger partial charge is 0.311 e. The summed E-state index contributed by atoms with van der Waals surface area (Å²) in [6.07, 6.45) is 2.65. The SMILES string of the molecule is CC(C(=O)Nc1cccc(Br)c1)N1C[C@@H]2CCC[C@@]2(C(=O)O)C1. The number of carbonyl (C=O) groups excluding carboxylic acids is 1. The summed E-state index contributed by atoms with van der Waals surface area (Å²) in [6, 6.07) is 7.12. The predicted molar refractivity (Wildman–Crippen MR) is 91.2 cm³/mol. The molecular formula is C17H21BrN2O3. The van der Waals surface area contributed by atoms with Crippen molar-refractivity contribution in [2.24, 2.45) is 11.3 Å². The van der Waals surface area contributed by atoms with Gasteiger partial charge in [-0.15, -0.1) is 0 Å². The summed E-state index contributed by atoms with van der Waals surface area (Å²) in [5.74, 6) is -0.633. The number of aliphatic carboxylic acids is 1. The van der Waals surface area contributed by atoms with Gasteiger partial charge in [0.2, 0.25) is 5.91 Å². The number of halogens is 1. The van der Waals surface area contributed by atoms with Crippen molar-refractivity contribution in [1.29, 1.82) is 0 Å². The van der Waals surface area contributed by atoms with E-state index in [-0.39, 0.29) is 17.9 Å². The van der Waals surface area contributed by atoms with Crippen LogP contribution in [0.15, 0.2) is 28.7 Å². The van der Waals surface area contributed by atoms with Gasteiger partial charge in [0.05, 0.1) is 11.5 Å². The molecule has 1 aliphatic heterocycles. The summed E-state index contributed by atoms with van der Waals surface area (Å²) >= 11 is 3.38. The third-order valence-corrected chi connectivity index (χ3v) is 5.84. The summed E-state index contributed by atoms with van der Waals surface area (Å²) in [4.78, 5) is 26.2. The van der Waals surface area contributed by atoms with E-state index in [0.29, 0.717) is 13.1 Å². The summed E-state index contributed by atoms with van der Waals surface area (Å²) in [7, 11) is 0. The van der Waals surface area contributed by atoms with Gasteiger partial charge in [0, 0.05) is 23.2 Å². The Morgan fingerprint density at radius 3 is 2.91 bits per heavy atom. The molecule has 2 fully saturated rings.